The Bertz CT molecular complexity index is 1200. The zero-order valence-electron chi connectivity index (χ0n) is 15.6. The molecule has 1 atom stereocenters. The first-order valence-corrected chi connectivity index (χ1v) is 9.74. The molecule has 9 heteroatoms. The molecule has 0 spiro atoms. The maximum Gasteiger partial charge on any atom is 0.299 e. The molecule has 0 fully saturated rings. The van der Waals surface area contributed by atoms with Crippen molar-refractivity contribution in [3.05, 3.63) is 55.8 Å². The fourth-order valence-electron chi connectivity index (χ4n) is 3.59. The Morgan fingerprint density at radius 1 is 1.21 bits per heavy atom. The Labute approximate surface area is 170 Å². The quantitative estimate of drug-likeness (QED) is 0.747. The normalized spacial score (nSPS) is 21.1. The maximum atomic E-state index is 13.0. The third-order valence-electron chi connectivity index (χ3n) is 4.79. The lowest BCUT2D eigenvalue weighted by Gasteiger charge is -2.19. The van der Waals surface area contributed by atoms with E-state index < -0.39 is 4.93 Å². The van der Waals surface area contributed by atoms with Gasteiger partial charge in [0, 0.05) is 0 Å². The van der Waals surface area contributed by atoms with Gasteiger partial charge in [0.25, 0.3) is 5.56 Å². The van der Waals surface area contributed by atoms with Crippen LogP contribution in [0.1, 0.15) is 26.5 Å². The van der Waals surface area contributed by atoms with Gasteiger partial charge in [0.15, 0.2) is 11.5 Å². The number of fused-ring (bicyclic) bond motifs is 3. The lowest BCUT2D eigenvalue weighted by molar-refractivity contribution is -0.114. The second-order valence-electron chi connectivity index (χ2n) is 6.79. The van der Waals surface area contributed by atoms with E-state index in [0.29, 0.717) is 32.7 Å². The molecule has 2 aliphatic heterocycles. The molecule has 0 saturated carbocycles. The van der Waals surface area contributed by atoms with Crippen LogP contribution in [0.25, 0.3) is 11.4 Å². The highest BCUT2D eigenvalue weighted by molar-refractivity contribution is 8.05. The van der Waals surface area contributed by atoms with Crippen LogP contribution in [0.2, 0.25) is 5.02 Å². The van der Waals surface area contributed by atoms with Gasteiger partial charge in [-0.25, -0.2) is 9.36 Å². The van der Waals surface area contributed by atoms with E-state index in [1.54, 1.807) is 49.7 Å². The van der Waals surface area contributed by atoms with E-state index in [9.17, 15) is 14.7 Å². The number of allylic oxidation sites excluding steroid dienone is 2. The fraction of sp³-hybridized carbons (Fsp3) is 0.263. The van der Waals surface area contributed by atoms with Crippen molar-refractivity contribution in [2.24, 2.45) is 10.2 Å². The summed E-state index contributed by atoms with van der Waals surface area (Å²) in [7, 11) is 0. The van der Waals surface area contributed by atoms with E-state index in [1.807, 2.05) is 0 Å². The number of rotatable bonds is 3. The van der Waals surface area contributed by atoms with E-state index in [2.05, 4.69) is 10.2 Å². The van der Waals surface area contributed by atoms with E-state index in [1.165, 1.54) is 23.4 Å². The number of aliphatic hydroxyl groups is 1. The summed E-state index contributed by atoms with van der Waals surface area (Å²) in [6.45, 7) is 6.50. The molecule has 28 heavy (non-hydrogen) atoms. The third kappa shape index (κ3) is 2.56. The molecule has 0 saturated heterocycles. The topological polar surface area (TPSA) is 89.0 Å². The van der Waals surface area contributed by atoms with Crippen LogP contribution in [0.4, 0.5) is 11.4 Å². The van der Waals surface area contributed by atoms with Gasteiger partial charge in [-0.15, -0.1) is 10.2 Å². The first-order valence-electron chi connectivity index (χ1n) is 8.55. The Hall–Kier alpha value is -2.42. The van der Waals surface area contributed by atoms with Gasteiger partial charge in [0.05, 0.1) is 32.6 Å². The Morgan fingerprint density at radius 3 is 2.54 bits per heavy atom. The largest absolute Gasteiger partial charge is 0.375 e. The van der Waals surface area contributed by atoms with Crippen molar-refractivity contribution in [1.29, 1.82) is 0 Å². The number of carbonyl (C=O) groups excluding carboxylic acids is 1. The van der Waals surface area contributed by atoms with Crippen molar-refractivity contribution < 1.29 is 9.90 Å². The Balaban J connectivity index is 1.94. The average Bonchev–Trinajstić information content (AvgIpc) is 3.14. The molecule has 0 amide bonds. The number of aromatic nitrogens is 2. The van der Waals surface area contributed by atoms with Crippen molar-refractivity contribution >= 4 is 51.9 Å². The number of Topliss-reactive ketones (excluding diaryl/α,β-unsaturated/α-hetero) is 1. The highest BCUT2D eigenvalue weighted by Crippen LogP contribution is 2.55. The number of hydrogen-bond acceptors (Lipinski definition) is 6. The van der Waals surface area contributed by atoms with Gasteiger partial charge in [-0.05, 0) is 39.8 Å². The van der Waals surface area contributed by atoms with Crippen molar-refractivity contribution in [3.8, 4) is 0 Å². The van der Waals surface area contributed by atoms with Gasteiger partial charge in [-0.1, -0.05) is 35.5 Å². The summed E-state index contributed by atoms with van der Waals surface area (Å²) < 4.78 is 3.10. The molecule has 0 aliphatic carbocycles. The van der Waals surface area contributed by atoms with Crippen LogP contribution in [0.15, 0.2) is 49.8 Å². The number of thioether (sulfide) groups is 1. The monoisotopic (exact) mass is 416 g/mol. The van der Waals surface area contributed by atoms with Crippen molar-refractivity contribution in [2.75, 3.05) is 0 Å². The third-order valence-corrected chi connectivity index (χ3v) is 6.41. The number of azo groups is 1. The lowest BCUT2D eigenvalue weighted by atomic mass is 10.0. The van der Waals surface area contributed by atoms with E-state index in [0.717, 1.165) is 0 Å². The zero-order chi connectivity index (χ0) is 20.4. The van der Waals surface area contributed by atoms with Gasteiger partial charge in [-0.3, -0.25) is 9.59 Å². The van der Waals surface area contributed by atoms with Crippen LogP contribution in [-0.2, 0) is 4.79 Å². The summed E-state index contributed by atoms with van der Waals surface area (Å²) in [5.41, 5.74) is 2.24. The minimum Gasteiger partial charge on any atom is -0.375 e. The van der Waals surface area contributed by atoms with Crippen LogP contribution in [0, 0.1) is 6.92 Å². The summed E-state index contributed by atoms with van der Waals surface area (Å²) >= 11 is 7.27. The molecule has 144 valence electrons. The number of nitrogens with zero attached hydrogens (tertiary/aromatic N) is 4. The average molecular weight is 417 g/mol. The molecular weight excluding hydrogens is 400 g/mol. The number of ketones is 1. The number of benzene rings is 1. The molecule has 3 heterocycles. The first kappa shape index (κ1) is 18.9. The lowest BCUT2D eigenvalue weighted by Crippen LogP contribution is -2.26. The number of hydrogen-bond donors (Lipinski definition) is 1. The summed E-state index contributed by atoms with van der Waals surface area (Å²) in [6, 6.07) is 6.95. The van der Waals surface area contributed by atoms with Crippen LogP contribution in [0.3, 0.4) is 0 Å². The molecule has 4 rings (SSSR count). The smallest absolute Gasteiger partial charge is 0.299 e. The van der Waals surface area contributed by atoms with Crippen molar-refractivity contribution in [3.63, 3.8) is 0 Å². The predicted molar refractivity (Wildman–Crippen MR) is 110 cm³/mol. The molecule has 2 aromatic rings. The van der Waals surface area contributed by atoms with Gasteiger partial charge < -0.3 is 5.11 Å². The van der Waals surface area contributed by atoms with Gasteiger partial charge in [0.2, 0.25) is 0 Å². The molecule has 2 aliphatic rings. The van der Waals surface area contributed by atoms with Gasteiger partial charge >= 0.3 is 0 Å². The predicted octanol–water partition coefficient (Wildman–Crippen LogP) is 4.48. The van der Waals surface area contributed by atoms with E-state index >= 15 is 0 Å². The Morgan fingerprint density at radius 2 is 1.89 bits per heavy atom. The molecular formula is C19H17ClN4O3S. The molecule has 1 unspecified atom stereocenters. The SMILES string of the molecule is CC(=O)C1=C2C(=C(C)n3c(=O)c(N=Nc4ccccc4Cl)c(C)n32)SC1(C)O. The Kier molecular flexibility index (Phi) is 4.26. The van der Waals surface area contributed by atoms with Crippen LogP contribution in [0.5, 0.6) is 0 Å². The molecule has 0 radical (unpaired) electrons. The minimum absolute atomic E-state index is 0.158. The maximum absolute atomic E-state index is 13.0. The summed E-state index contributed by atoms with van der Waals surface area (Å²) in [5.74, 6) is -0.247. The van der Waals surface area contributed by atoms with E-state index in [4.69, 9.17) is 11.6 Å². The standard InChI is InChI=1S/C19H17ClN4O3S/c1-9-15(22-21-13-8-6-5-7-12(13)20)18(26)24-10(2)17-16(23(9)24)14(11(3)25)19(4,27)28-17/h5-8,27H,1-4H3. The van der Waals surface area contributed by atoms with E-state index in [-0.39, 0.29) is 22.6 Å². The van der Waals surface area contributed by atoms with Crippen molar-refractivity contribution in [1.82, 2.24) is 9.36 Å². The molecule has 1 aromatic carbocycles. The van der Waals surface area contributed by atoms with Crippen LogP contribution in [-0.4, -0.2) is 25.2 Å². The van der Waals surface area contributed by atoms with Gasteiger partial charge in [0.1, 0.15) is 10.6 Å². The summed E-state index contributed by atoms with van der Waals surface area (Å²) in [4.78, 5) is 24.6. The zero-order valence-corrected chi connectivity index (χ0v) is 17.2. The first-order chi connectivity index (χ1) is 13.1. The van der Waals surface area contributed by atoms with Crippen LogP contribution >= 0.6 is 23.4 Å². The highest BCUT2D eigenvalue weighted by atomic mass is 35.5. The molecule has 1 N–H and O–H groups in total. The molecule has 1 aromatic heterocycles. The van der Waals surface area contributed by atoms with Crippen LogP contribution < -0.4 is 5.56 Å². The number of halogens is 1. The minimum atomic E-state index is -1.35. The van der Waals surface area contributed by atoms with Gasteiger partial charge in [-0.2, -0.15) is 0 Å². The molecule has 0 bridgehead atoms. The second kappa shape index (κ2) is 6.30. The summed E-state index contributed by atoms with van der Waals surface area (Å²) in [6.07, 6.45) is 0. The fourth-order valence-corrected chi connectivity index (χ4v) is 5.02. The van der Waals surface area contributed by atoms with Crippen molar-refractivity contribution in [2.45, 2.75) is 32.6 Å². The number of carbonyl (C=O) groups is 1. The summed E-state index contributed by atoms with van der Waals surface area (Å²) in [5, 5.41) is 19.4. The highest BCUT2D eigenvalue weighted by Gasteiger charge is 2.47. The molecule has 7 nitrogen and oxygen atoms in total. The second-order valence-corrected chi connectivity index (χ2v) is 8.61.